The summed E-state index contributed by atoms with van der Waals surface area (Å²) < 4.78 is 5.89. The third-order valence-electron chi connectivity index (χ3n) is 5.86. The smallest absolute Gasteiger partial charge is 0.222 e. The molecule has 4 rings (SSSR count). The van der Waals surface area contributed by atoms with E-state index in [-0.39, 0.29) is 11.6 Å². The van der Waals surface area contributed by atoms with Gasteiger partial charge in [0.15, 0.2) is 0 Å². The monoisotopic (exact) mass is 401 g/mol. The number of ether oxygens (including phenoxy) is 1. The number of nitrogens with zero attached hydrogens (tertiary/aromatic N) is 3. The van der Waals surface area contributed by atoms with Gasteiger partial charge in [0.05, 0.1) is 12.6 Å². The Balaban J connectivity index is 1.70. The average Bonchev–Trinajstić information content (AvgIpc) is 2.96. The Morgan fingerprint density at radius 3 is 2.86 bits per heavy atom. The van der Waals surface area contributed by atoms with Crippen LogP contribution in [0.4, 0.5) is 11.8 Å². The molecule has 3 N–H and O–H groups in total. The van der Waals surface area contributed by atoms with E-state index in [1.54, 1.807) is 0 Å². The van der Waals surface area contributed by atoms with Crippen LogP contribution in [0.2, 0.25) is 5.02 Å². The lowest BCUT2D eigenvalue weighted by Gasteiger charge is -2.32. The molecular weight excluding hydrogens is 374 g/mol. The van der Waals surface area contributed by atoms with Crippen molar-refractivity contribution in [3.63, 3.8) is 0 Å². The van der Waals surface area contributed by atoms with E-state index in [9.17, 15) is 0 Å². The van der Waals surface area contributed by atoms with Gasteiger partial charge in [0.1, 0.15) is 5.82 Å². The number of aromatic nitrogens is 2. The van der Waals surface area contributed by atoms with E-state index in [0.29, 0.717) is 12.6 Å². The molecule has 0 bridgehead atoms. The van der Waals surface area contributed by atoms with Crippen LogP contribution in [0.25, 0.3) is 0 Å². The SMILES string of the molecule is Cc1cc(N2CCCOC[C@@H]2c2ccc([C@]3(C)CCCN3)cc2Cl)nc(N)n1. The summed E-state index contributed by atoms with van der Waals surface area (Å²) in [7, 11) is 0. The van der Waals surface area contributed by atoms with Crippen LogP contribution in [0.1, 0.15) is 49.0 Å². The van der Waals surface area contributed by atoms with Gasteiger partial charge in [0.2, 0.25) is 5.95 Å². The van der Waals surface area contributed by atoms with Crippen LogP contribution in [0.15, 0.2) is 24.3 Å². The van der Waals surface area contributed by atoms with Crippen molar-refractivity contribution >= 4 is 23.4 Å². The molecule has 0 spiro atoms. The Kier molecular flexibility index (Phi) is 5.45. The molecule has 7 heteroatoms. The normalized spacial score (nSPS) is 25.7. The zero-order chi connectivity index (χ0) is 19.7. The molecule has 3 heterocycles. The summed E-state index contributed by atoms with van der Waals surface area (Å²) >= 11 is 6.80. The summed E-state index contributed by atoms with van der Waals surface area (Å²) in [5.74, 6) is 1.12. The number of nitrogen functional groups attached to an aromatic ring is 1. The molecule has 0 amide bonds. The van der Waals surface area contributed by atoms with Gasteiger partial charge in [-0.05, 0) is 56.8 Å². The third-order valence-corrected chi connectivity index (χ3v) is 6.18. The Morgan fingerprint density at radius 1 is 1.29 bits per heavy atom. The van der Waals surface area contributed by atoms with Crippen LogP contribution in [0.3, 0.4) is 0 Å². The minimum Gasteiger partial charge on any atom is -0.379 e. The average molecular weight is 402 g/mol. The van der Waals surface area contributed by atoms with Crippen molar-refractivity contribution in [1.82, 2.24) is 15.3 Å². The Morgan fingerprint density at radius 2 is 2.14 bits per heavy atom. The van der Waals surface area contributed by atoms with Crippen molar-refractivity contribution in [2.45, 2.75) is 44.7 Å². The Bertz CT molecular complexity index is 832. The van der Waals surface area contributed by atoms with Crippen molar-refractivity contribution in [2.75, 3.05) is 36.9 Å². The molecule has 0 aliphatic carbocycles. The minimum atomic E-state index is -0.0120. The molecule has 6 nitrogen and oxygen atoms in total. The number of nitrogens with two attached hydrogens (primary N) is 1. The lowest BCUT2D eigenvalue weighted by molar-refractivity contribution is 0.134. The second kappa shape index (κ2) is 7.85. The highest BCUT2D eigenvalue weighted by Gasteiger charge is 2.32. The molecule has 2 atom stereocenters. The maximum absolute atomic E-state index is 6.80. The largest absolute Gasteiger partial charge is 0.379 e. The molecule has 2 fully saturated rings. The number of benzene rings is 1. The topological polar surface area (TPSA) is 76.3 Å². The fraction of sp³-hybridized carbons (Fsp3) is 0.524. The predicted molar refractivity (Wildman–Crippen MR) is 113 cm³/mol. The van der Waals surface area contributed by atoms with E-state index in [4.69, 9.17) is 22.1 Å². The van der Waals surface area contributed by atoms with Crippen LogP contribution in [-0.4, -0.2) is 36.3 Å². The van der Waals surface area contributed by atoms with Crippen molar-refractivity contribution in [1.29, 1.82) is 0 Å². The van der Waals surface area contributed by atoms with Crippen molar-refractivity contribution < 1.29 is 4.74 Å². The summed E-state index contributed by atoms with van der Waals surface area (Å²) in [4.78, 5) is 10.9. The summed E-state index contributed by atoms with van der Waals surface area (Å²) in [6.45, 7) is 7.36. The van der Waals surface area contributed by atoms with E-state index in [1.807, 2.05) is 13.0 Å². The highest BCUT2D eigenvalue weighted by atomic mass is 35.5. The van der Waals surface area contributed by atoms with Gasteiger partial charge in [0, 0.05) is 35.5 Å². The number of anilines is 2. The quantitative estimate of drug-likeness (QED) is 0.818. The standard InChI is InChI=1S/C21H28ClN5O/c1-14-11-19(26-20(23)25-14)27-9-4-10-28-13-18(27)16-6-5-15(12-17(16)22)21(2)7-3-8-24-21/h5-6,11-12,18,24H,3-4,7-10,13H2,1-2H3,(H2,23,25,26)/t18-,21+/m1/s1. The van der Waals surface area contributed by atoms with Gasteiger partial charge in [-0.25, -0.2) is 4.98 Å². The zero-order valence-electron chi connectivity index (χ0n) is 16.5. The Hall–Kier alpha value is -1.89. The maximum Gasteiger partial charge on any atom is 0.222 e. The first-order valence-corrected chi connectivity index (χ1v) is 10.3. The number of rotatable bonds is 3. The highest BCUT2D eigenvalue weighted by molar-refractivity contribution is 6.31. The molecule has 0 radical (unpaired) electrons. The highest BCUT2D eigenvalue weighted by Crippen LogP contribution is 2.37. The maximum atomic E-state index is 6.80. The van der Waals surface area contributed by atoms with Crippen molar-refractivity contribution in [2.24, 2.45) is 0 Å². The molecular formula is C21H28ClN5O. The van der Waals surface area contributed by atoms with Gasteiger partial charge >= 0.3 is 0 Å². The van der Waals surface area contributed by atoms with Gasteiger partial charge in [0.25, 0.3) is 0 Å². The molecule has 0 unspecified atom stereocenters. The molecule has 2 aliphatic rings. The zero-order valence-corrected chi connectivity index (χ0v) is 17.3. The molecule has 0 saturated carbocycles. The lowest BCUT2D eigenvalue weighted by atomic mass is 9.89. The van der Waals surface area contributed by atoms with Gasteiger partial charge in [-0.3, -0.25) is 0 Å². The fourth-order valence-corrected chi connectivity index (χ4v) is 4.62. The van der Waals surface area contributed by atoms with Gasteiger partial charge in [-0.2, -0.15) is 4.98 Å². The van der Waals surface area contributed by atoms with Crippen LogP contribution in [0.5, 0.6) is 0 Å². The van der Waals surface area contributed by atoms with Gasteiger partial charge in [-0.1, -0.05) is 23.7 Å². The summed E-state index contributed by atoms with van der Waals surface area (Å²) in [5.41, 5.74) is 9.06. The summed E-state index contributed by atoms with van der Waals surface area (Å²) in [5, 5.41) is 4.38. The van der Waals surface area contributed by atoms with Crippen LogP contribution in [0, 0.1) is 6.92 Å². The van der Waals surface area contributed by atoms with E-state index >= 15 is 0 Å². The first kappa shape index (κ1) is 19.4. The van der Waals surface area contributed by atoms with E-state index in [2.05, 4.69) is 45.3 Å². The third kappa shape index (κ3) is 3.81. The number of aryl methyl sites for hydroxylation is 1. The minimum absolute atomic E-state index is 0.0000286. The van der Waals surface area contributed by atoms with Crippen LogP contribution >= 0.6 is 11.6 Å². The van der Waals surface area contributed by atoms with Gasteiger partial charge < -0.3 is 20.7 Å². The molecule has 2 aromatic rings. The second-order valence-electron chi connectivity index (χ2n) is 7.96. The second-order valence-corrected chi connectivity index (χ2v) is 8.37. The number of hydrogen-bond donors (Lipinski definition) is 2. The van der Waals surface area contributed by atoms with E-state index in [0.717, 1.165) is 54.6 Å². The molecule has 2 aliphatic heterocycles. The molecule has 1 aromatic heterocycles. The first-order valence-electron chi connectivity index (χ1n) is 9.97. The van der Waals surface area contributed by atoms with E-state index in [1.165, 1.54) is 12.0 Å². The predicted octanol–water partition coefficient (Wildman–Crippen LogP) is 3.59. The van der Waals surface area contributed by atoms with Crippen LogP contribution < -0.4 is 16.0 Å². The first-order chi connectivity index (χ1) is 13.5. The van der Waals surface area contributed by atoms with Crippen molar-refractivity contribution in [3.8, 4) is 0 Å². The Labute approximate surface area is 171 Å². The molecule has 150 valence electrons. The number of nitrogens with one attached hydrogen (secondary N) is 1. The summed E-state index contributed by atoms with van der Waals surface area (Å²) in [6.07, 6.45) is 3.24. The lowest BCUT2D eigenvalue weighted by Crippen LogP contribution is -2.34. The molecule has 1 aromatic carbocycles. The van der Waals surface area contributed by atoms with Gasteiger partial charge in [-0.15, -0.1) is 0 Å². The fourth-order valence-electron chi connectivity index (χ4n) is 4.31. The number of hydrogen-bond acceptors (Lipinski definition) is 6. The molecule has 28 heavy (non-hydrogen) atoms. The summed E-state index contributed by atoms with van der Waals surface area (Å²) in [6, 6.07) is 8.41. The van der Waals surface area contributed by atoms with E-state index < -0.39 is 0 Å². The van der Waals surface area contributed by atoms with Crippen molar-refractivity contribution in [3.05, 3.63) is 46.1 Å². The number of halogens is 1. The van der Waals surface area contributed by atoms with Crippen LogP contribution in [-0.2, 0) is 10.3 Å². The molecule has 2 saturated heterocycles.